The van der Waals surface area contributed by atoms with Crippen molar-refractivity contribution in [3.8, 4) is 5.75 Å². The molecule has 0 bridgehead atoms. The van der Waals surface area contributed by atoms with Gasteiger partial charge in [-0.2, -0.15) is 0 Å². The van der Waals surface area contributed by atoms with Crippen LogP contribution in [0.25, 0.3) is 0 Å². The lowest BCUT2D eigenvalue weighted by Crippen LogP contribution is -2.57. The zero-order chi connectivity index (χ0) is 17.9. The predicted octanol–water partition coefficient (Wildman–Crippen LogP) is 3.60. The summed E-state index contributed by atoms with van der Waals surface area (Å²) in [6.07, 6.45) is 5.33. The van der Waals surface area contributed by atoms with Crippen molar-refractivity contribution in [1.82, 2.24) is 4.90 Å². The summed E-state index contributed by atoms with van der Waals surface area (Å²) < 4.78 is 6.33. The van der Waals surface area contributed by atoms with Gasteiger partial charge in [-0.15, -0.1) is 0 Å². The summed E-state index contributed by atoms with van der Waals surface area (Å²) in [6, 6.07) is 9.94. The number of nitrogens with two attached hydrogens (primary N) is 1. The molecule has 4 heteroatoms. The van der Waals surface area contributed by atoms with Gasteiger partial charge in [-0.05, 0) is 62.5 Å². The molecular weight excluding hydrogens is 312 g/mol. The molecule has 1 heterocycles. The number of nitrogens with zero attached hydrogens (tertiary/aromatic N) is 1. The first-order chi connectivity index (χ1) is 12.0. The van der Waals surface area contributed by atoms with Crippen molar-refractivity contribution in [1.29, 1.82) is 0 Å². The largest absolute Gasteiger partial charge is 0.477 e. The van der Waals surface area contributed by atoms with E-state index in [1.165, 1.54) is 0 Å². The Labute approximate surface area is 151 Å². The molecular formula is C21H32N2O2. The summed E-state index contributed by atoms with van der Waals surface area (Å²) in [5.41, 5.74) is 5.36. The normalized spacial score (nSPS) is 28.2. The highest BCUT2D eigenvalue weighted by Gasteiger charge is 2.46. The average molecular weight is 344 g/mol. The van der Waals surface area contributed by atoms with Gasteiger partial charge in [0, 0.05) is 19.1 Å². The molecule has 0 unspecified atom stereocenters. The lowest BCUT2D eigenvalue weighted by Gasteiger charge is -2.43. The van der Waals surface area contributed by atoms with Gasteiger partial charge in [-0.1, -0.05) is 32.0 Å². The van der Waals surface area contributed by atoms with Crippen LogP contribution in [0.15, 0.2) is 30.3 Å². The maximum absolute atomic E-state index is 13.4. The van der Waals surface area contributed by atoms with E-state index in [1.807, 2.05) is 35.2 Å². The SMILES string of the molecule is CC(C)C1CCN(C(=O)C2(Oc3ccccc3)CCC(N)CC2)CC1. The van der Waals surface area contributed by atoms with Crippen molar-refractivity contribution < 1.29 is 9.53 Å². The van der Waals surface area contributed by atoms with Gasteiger partial charge >= 0.3 is 0 Å². The number of carbonyl (C=O) groups is 1. The minimum atomic E-state index is -0.734. The van der Waals surface area contributed by atoms with E-state index in [0.29, 0.717) is 18.8 Å². The highest BCUT2D eigenvalue weighted by molar-refractivity contribution is 5.86. The van der Waals surface area contributed by atoms with Crippen LogP contribution in [0.2, 0.25) is 0 Å². The Balaban J connectivity index is 1.74. The van der Waals surface area contributed by atoms with Crippen LogP contribution in [0.5, 0.6) is 5.75 Å². The second-order valence-corrected chi connectivity index (χ2v) is 8.12. The van der Waals surface area contributed by atoms with E-state index in [9.17, 15) is 4.79 Å². The third-order valence-corrected chi connectivity index (χ3v) is 6.05. The minimum Gasteiger partial charge on any atom is -0.477 e. The zero-order valence-corrected chi connectivity index (χ0v) is 15.6. The lowest BCUT2D eigenvalue weighted by molar-refractivity contribution is -0.153. The molecule has 3 rings (SSSR count). The number of carbonyl (C=O) groups excluding carboxylic acids is 1. The van der Waals surface area contributed by atoms with E-state index in [0.717, 1.165) is 50.4 Å². The molecule has 2 aliphatic rings. The molecule has 25 heavy (non-hydrogen) atoms. The van der Waals surface area contributed by atoms with Crippen LogP contribution < -0.4 is 10.5 Å². The third-order valence-electron chi connectivity index (χ3n) is 6.05. The smallest absolute Gasteiger partial charge is 0.266 e. The molecule has 0 aromatic heterocycles. The number of para-hydroxylation sites is 1. The fraction of sp³-hybridized carbons (Fsp3) is 0.667. The van der Waals surface area contributed by atoms with Gasteiger partial charge in [0.25, 0.3) is 5.91 Å². The Kier molecular flexibility index (Phi) is 5.67. The highest BCUT2D eigenvalue weighted by Crippen LogP contribution is 2.36. The monoisotopic (exact) mass is 344 g/mol. The number of ether oxygens (including phenoxy) is 1. The van der Waals surface area contributed by atoms with Crippen LogP contribution >= 0.6 is 0 Å². The van der Waals surface area contributed by atoms with E-state index in [2.05, 4.69) is 13.8 Å². The predicted molar refractivity (Wildman–Crippen MR) is 100 cm³/mol. The van der Waals surface area contributed by atoms with Crippen molar-refractivity contribution >= 4 is 5.91 Å². The maximum Gasteiger partial charge on any atom is 0.266 e. The van der Waals surface area contributed by atoms with Gasteiger partial charge in [-0.3, -0.25) is 4.79 Å². The van der Waals surface area contributed by atoms with Gasteiger partial charge in [0.2, 0.25) is 0 Å². The maximum atomic E-state index is 13.4. The summed E-state index contributed by atoms with van der Waals surface area (Å²) in [6.45, 7) is 6.27. The van der Waals surface area contributed by atoms with E-state index < -0.39 is 5.60 Å². The molecule has 1 aromatic rings. The van der Waals surface area contributed by atoms with E-state index in [1.54, 1.807) is 0 Å². The van der Waals surface area contributed by atoms with Crippen molar-refractivity contribution in [2.24, 2.45) is 17.6 Å². The summed E-state index contributed by atoms with van der Waals surface area (Å²) in [5.74, 6) is 2.38. The van der Waals surface area contributed by atoms with Crippen molar-refractivity contribution in [3.05, 3.63) is 30.3 Å². The van der Waals surface area contributed by atoms with Crippen LogP contribution in [-0.2, 0) is 4.79 Å². The van der Waals surface area contributed by atoms with Crippen molar-refractivity contribution in [3.63, 3.8) is 0 Å². The fourth-order valence-corrected chi connectivity index (χ4v) is 4.24. The first kappa shape index (κ1) is 18.2. The van der Waals surface area contributed by atoms with Crippen LogP contribution in [0.4, 0.5) is 0 Å². The minimum absolute atomic E-state index is 0.172. The van der Waals surface area contributed by atoms with Gasteiger partial charge in [-0.25, -0.2) is 0 Å². The Bertz CT molecular complexity index is 557. The Morgan fingerprint density at radius 2 is 1.72 bits per heavy atom. The molecule has 2 N–H and O–H groups in total. The number of hydrogen-bond acceptors (Lipinski definition) is 3. The molecule has 1 aromatic carbocycles. The van der Waals surface area contributed by atoms with Gasteiger partial charge in [0.05, 0.1) is 0 Å². The molecule has 0 atom stereocenters. The molecule has 138 valence electrons. The van der Waals surface area contributed by atoms with Crippen molar-refractivity contribution in [2.75, 3.05) is 13.1 Å². The molecule has 4 nitrogen and oxygen atoms in total. The summed E-state index contributed by atoms with van der Waals surface area (Å²) in [4.78, 5) is 15.5. The molecule has 1 aliphatic carbocycles. The molecule has 1 saturated heterocycles. The quantitative estimate of drug-likeness (QED) is 0.908. The summed E-state index contributed by atoms with van der Waals surface area (Å²) >= 11 is 0. The van der Waals surface area contributed by atoms with Crippen molar-refractivity contribution in [2.45, 2.75) is 64.0 Å². The van der Waals surface area contributed by atoms with Gasteiger partial charge < -0.3 is 15.4 Å². The fourth-order valence-electron chi connectivity index (χ4n) is 4.24. The van der Waals surface area contributed by atoms with Crippen LogP contribution in [0.3, 0.4) is 0 Å². The molecule has 1 aliphatic heterocycles. The van der Waals surface area contributed by atoms with Gasteiger partial charge in [0.15, 0.2) is 5.60 Å². The number of piperidine rings is 1. The molecule has 0 radical (unpaired) electrons. The molecule has 1 saturated carbocycles. The lowest BCUT2D eigenvalue weighted by atomic mass is 9.80. The van der Waals surface area contributed by atoms with Crippen LogP contribution in [0, 0.1) is 11.8 Å². The first-order valence-electron chi connectivity index (χ1n) is 9.79. The van der Waals surface area contributed by atoms with E-state index in [-0.39, 0.29) is 11.9 Å². The number of rotatable bonds is 4. The summed E-state index contributed by atoms with van der Waals surface area (Å²) in [5, 5.41) is 0. The molecule has 2 fully saturated rings. The second kappa shape index (κ2) is 7.77. The highest BCUT2D eigenvalue weighted by atomic mass is 16.5. The Morgan fingerprint density at radius 3 is 2.28 bits per heavy atom. The second-order valence-electron chi connectivity index (χ2n) is 8.12. The van der Waals surface area contributed by atoms with E-state index in [4.69, 9.17) is 10.5 Å². The van der Waals surface area contributed by atoms with E-state index >= 15 is 0 Å². The molecule has 1 amide bonds. The topological polar surface area (TPSA) is 55.6 Å². The Hall–Kier alpha value is -1.55. The number of benzene rings is 1. The average Bonchev–Trinajstić information content (AvgIpc) is 2.64. The molecule has 0 spiro atoms. The Morgan fingerprint density at radius 1 is 1.12 bits per heavy atom. The standard InChI is InChI=1S/C21H32N2O2/c1-16(2)17-10-14-23(15-11-17)20(24)21(12-8-18(22)9-13-21)25-19-6-4-3-5-7-19/h3-7,16-18H,8-15,22H2,1-2H3. The number of amides is 1. The summed E-state index contributed by atoms with van der Waals surface area (Å²) in [7, 11) is 0. The number of likely N-dealkylation sites (tertiary alicyclic amines) is 1. The van der Waals surface area contributed by atoms with Crippen LogP contribution in [-0.4, -0.2) is 35.5 Å². The van der Waals surface area contributed by atoms with Gasteiger partial charge in [0.1, 0.15) is 5.75 Å². The zero-order valence-electron chi connectivity index (χ0n) is 15.6. The first-order valence-corrected chi connectivity index (χ1v) is 9.79. The number of hydrogen-bond donors (Lipinski definition) is 1. The third kappa shape index (κ3) is 4.17. The van der Waals surface area contributed by atoms with Crippen LogP contribution in [0.1, 0.15) is 52.4 Å².